The van der Waals surface area contributed by atoms with Crippen molar-refractivity contribution in [1.29, 1.82) is 0 Å². The van der Waals surface area contributed by atoms with Gasteiger partial charge in [-0.2, -0.15) is 0 Å². The van der Waals surface area contributed by atoms with Crippen molar-refractivity contribution in [3.8, 4) is 0 Å². The summed E-state index contributed by atoms with van der Waals surface area (Å²) in [7, 11) is 0. The van der Waals surface area contributed by atoms with Crippen molar-refractivity contribution in [2.45, 2.75) is 44.1 Å². The number of benzene rings is 1. The number of Topliss-reactive ketones (excluding diaryl/α,β-unsaturated/α-hetero) is 1. The van der Waals surface area contributed by atoms with Gasteiger partial charge < -0.3 is 0 Å². The maximum atomic E-state index is 12.1. The monoisotopic (exact) mass is 216 g/mol. The van der Waals surface area contributed by atoms with E-state index in [9.17, 15) is 4.79 Å². The van der Waals surface area contributed by atoms with E-state index in [1.54, 1.807) is 0 Å². The number of ketones is 1. The second-order valence-corrected chi connectivity index (χ2v) is 4.73. The number of hydrogen-bond donors (Lipinski definition) is 0. The van der Waals surface area contributed by atoms with Crippen LogP contribution in [0.15, 0.2) is 30.3 Å². The minimum absolute atomic E-state index is 0.0957. The third-order valence-corrected chi connectivity index (χ3v) is 3.45. The Morgan fingerprint density at radius 2 is 1.75 bits per heavy atom. The molecule has 0 aromatic heterocycles. The van der Waals surface area contributed by atoms with Gasteiger partial charge in [0.05, 0.1) is 5.54 Å². The first-order valence-corrected chi connectivity index (χ1v) is 6.03. The summed E-state index contributed by atoms with van der Waals surface area (Å²) < 4.78 is 0. The highest BCUT2D eigenvalue weighted by Crippen LogP contribution is 2.29. The summed E-state index contributed by atoms with van der Waals surface area (Å²) in [4.78, 5) is 12.1. The molecule has 1 aromatic carbocycles. The molecule has 2 heteroatoms. The summed E-state index contributed by atoms with van der Waals surface area (Å²) in [5.41, 5.74) is 8.46. The topological polar surface area (TPSA) is 40.9 Å². The van der Waals surface area contributed by atoms with Crippen molar-refractivity contribution in [3.63, 3.8) is 0 Å². The van der Waals surface area contributed by atoms with Gasteiger partial charge in [0.15, 0.2) is 5.78 Å². The lowest BCUT2D eigenvalue weighted by molar-refractivity contribution is -0.124. The first-order chi connectivity index (χ1) is 7.71. The van der Waals surface area contributed by atoms with Crippen LogP contribution < -0.4 is 5.73 Å². The molecule has 2 rings (SSSR count). The van der Waals surface area contributed by atoms with Gasteiger partial charge in [-0.3, -0.25) is 4.79 Å². The first-order valence-electron chi connectivity index (χ1n) is 6.03. The van der Waals surface area contributed by atoms with Gasteiger partial charge in [0.2, 0.25) is 0 Å². The molecule has 2 nitrogen and oxygen atoms in total. The van der Waals surface area contributed by atoms with Crippen LogP contribution >= 0.6 is 0 Å². The van der Waals surface area contributed by atoms with Crippen molar-refractivity contribution in [2.75, 3.05) is 0 Å². The fourth-order valence-electron chi connectivity index (χ4n) is 2.38. The fraction of sp³-hybridized carbons (Fsp3) is 0.500. The lowest BCUT2D eigenvalue weighted by Crippen LogP contribution is -2.43. The Bertz CT molecular complexity index is 352. The van der Waals surface area contributed by atoms with E-state index in [-0.39, 0.29) is 5.78 Å². The van der Waals surface area contributed by atoms with Gasteiger partial charge in [-0.1, -0.05) is 49.6 Å². The SMILES string of the molecule is [NH]C1(C(=O)Cc2ccccc2)CCCCC1. The third kappa shape index (κ3) is 2.50. The van der Waals surface area contributed by atoms with Gasteiger partial charge in [0.1, 0.15) is 0 Å². The minimum atomic E-state index is -0.798. The van der Waals surface area contributed by atoms with Crippen LogP contribution in [-0.4, -0.2) is 11.3 Å². The van der Waals surface area contributed by atoms with Crippen molar-refractivity contribution < 1.29 is 4.79 Å². The van der Waals surface area contributed by atoms with Crippen LogP contribution in [0.1, 0.15) is 37.7 Å². The first kappa shape index (κ1) is 11.3. The highest BCUT2D eigenvalue weighted by atomic mass is 16.1. The van der Waals surface area contributed by atoms with E-state index in [0.717, 1.165) is 31.2 Å². The highest BCUT2D eigenvalue weighted by molar-refractivity contribution is 5.89. The van der Waals surface area contributed by atoms with E-state index in [1.807, 2.05) is 30.3 Å². The molecular weight excluding hydrogens is 198 g/mol. The molecule has 1 radical (unpaired) electrons. The average Bonchev–Trinajstić information content (AvgIpc) is 2.31. The quantitative estimate of drug-likeness (QED) is 0.766. The molecule has 1 N–H and O–H groups in total. The van der Waals surface area contributed by atoms with Crippen LogP contribution in [0.4, 0.5) is 0 Å². The molecule has 0 unspecified atom stereocenters. The van der Waals surface area contributed by atoms with Crippen molar-refractivity contribution >= 4 is 5.78 Å². The Kier molecular flexibility index (Phi) is 3.39. The summed E-state index contributed by atoms with van der Waals surface area (Å²) in [6, 6.07) is 9.76. The van der Waals surface area contributed by atoms with Gasteiger partial charge >= 0.3 is 0 Å². The van der Waals surface area contributed by atoms with Gasteiger partial charge in [0, 0.05) is 6.42 Å². The second-order valence-electron chi connectivity index (χ2n) is 4.73. The van der Waals surface area contributed by atoms with E-state index in [0.29, 0.717) is 6.42 Å². The summed E-state index contributed by atoms with van der Waals surface area (Å²) in [6.07, 6.45) is 5.16. The lowest BCUT2D eigenvalue weighted by atomic mass is 9.78. The summed E-state index contributed by atoms with van der Waals surface area (Å²) in [5, 5.41) is 0. The van der Waals surface area contributed by atoms with Crippen LogP contribution in [0.2, 0.25) is 0 Å². The van der Waals surface area contributed by atoms with E-state index in [4.69, 9.17) is 5.73 Å². The van der Waals surface area contributed by atoms with Crippen LogP contribution in [-0.2, 0) is 11.2 Å². The van der Waals surface area contributed by atoms with Crippen molar-refractivity contribution in [2.24, 2.45) is 0 Å². The molecule has 1 saturated carbocycles. The Morgan fingerprint density at radius 3 is 2.38 bits per heavy atom. The van der Waals surface area contributed by atoms with Crippen LogP contribution in [0.5, 0.6) is 0 Å². The number of carbonyl (C=O) groups is 1. The Labute approximate surface area is 96.8 Å². The molecule has 1 aliphatic carbocycles. The van der Waals surface area contributed by atoms with E-state index in [1.165, 1.54) is 6.42 Å². The minimum Gasteiger partial charge on any atom is -0.297 e. The zero-order chi connectivity index (χ0) is 11.4. The Balaban J connectivity index is 2.02. The molecule has 85 valence electrons. The molecule has 1 aliphatic rings. The molecule has 1 fully saturated rings. The molecule has 0 atom stereocenters. The molecule has 0 spiro atoms. The van der Waals surface area contributed by atoms with Crippen molar-refractivity contribution in [3.05, 3.63) is 35.9 Å². The maximum Gasteiger partial charge on any atom is 0.158 e. The average molecular weight is 216 g/mol. The lowest BCUT2D eigenvalue weighted by Gasteiger charge is -2.30. The molecule has 0 heterocycles. The number of hydrogen-bond acceptors (Lipinski definition) is 1. The normalized spacial score (nSPS) is 19.3. The molecule has 16 heavy (non-hydrogen) atoms. The highest BCUT2D eigenvalue weighted by Gasteiger charge is 2.35. The zero-order valence-electron chi connectivity index (χ0n) is 9.54. The molecule has 0 amide bonds. The third-order valence-electron chi connectivity index (χ3n) is 3.45. The summed E-state index contributed by atoms with van der Waals surface area (Å²) >= 11 is 0. The van der Waals surface area contributed by atoms with E-state index >= 15 is 0 Å². The van der Waals surface area contributed by atoms with Gasteiger partial charge in [-0.25, -0.2) is 5.73 Å². The number of rotatable bonds is 3. The van der Waals surface area contributed by atoms with Gasteiger partial charge in [-0.05, 0) is 18.4 Å². The molecule has 1 aromatic rings. The smallest absolute Gasteiger partial charge is 0.158 e. The van der Waals surface area contributed by atoms with E-state index in [2.05, 4.69) is 0 Å². The molecular formula is C14H18NO. The largest absolute Gasteiger partial charge is 0.297 e. The number of nitrogens with one attached hydrogen (secondary N) is 1. The van der Waals surface area contributed by atoms with Crippen LogP contribution in [0.25, 0.3) is 0 Å². The Morgan fingerprint density at radius 1 is 1.12 bits per heavy atom. The molecule has 0 saturated heterocycles. The fourth-order valence-corrected chi connectivity index (χ4v) is 2.38. The molecule has 0 aliphatic heterocycles. The van der Waals surface area contributed by atoms with E-state index < -0.39 is 5.54 Å². The summed E-state index contributed by atoms with van der Waals surface area (Å²) in [6.45, 7) is 0. The molecule has 0 bridgehead atoms. The predicted molar refractivity (Wildman–Crippen MR) is 64.1 cm³/mol. The van der Waals surface area contributed by atoms with Gasteiger partial charge in [-0.15, -0.1) is 0 Å². The second kappa shape index (κ2) is 4.79. The van der Waals surface area contributed by atoms with Gasteiger partial charge in [0.25, 0.3) is 0 Å². The van der Waals surface area contributed by atoms with Crippen LogP contribution in [0, 0.1) is 0 Å². The Hall–Kier alpha value is -1.15. The zero-order valence-corrected chi connectivity index (χ0v) is 9.54. The van der Waals surface area contributed by atoms with Crippen molar-refractivity contribution in [1.82, 2.24) is 5.73 Å². The van der Waals surface area contributed by atoms with Crippen LogP contribution in [0.3, 0.4) is 0 Å². The number of carbonyl (C=O) groups excluding carboxylic acids is 1. The maximum absolute atomic E-state index is 12.1. The standard InChI is InChI=1S/C14H18NO/c15-14(9-5-2-6-10-14)13(16)11-12-7-3-1-4-8-12/h1,3-4,7-8,15H,2,5-6,9-11H2. The summed E-state index contributed by atoms with van der Waals surface area (Å²) in [5.74, 6) is 0.0957. The predicted octanol–water partition coefficient (Wildman–Crippen LogP) is 2.78.